The average molecular weight is 213 g/mol. The number of hydrogen-bond acceptors (Lipinski definition) is 4. The van der Waals surface area contributed by atoms with E-state index in [0.29, 0.717) is 19.6 Å². The molecule has 0 saturated heterocycles. The number of aliphatic hydroxyl groups is 1. The third kappa shape index (κ3) is 4.92. The fourth-order valence-corrected chi connectivity index (χ4v) is 1.36. The third-order valence-corrected chi connectivity index (χ3v) is 2.09. The largest absolute Gasteiger partial charge is 0.391 e. The number of aliphatic hydroxyl groups excluding tert-OH is 1. The predicted molar refractivity (Wildman–Crippen MR) is 57.7 cm³/mol. The number of ether oxygens (including phenoxy) is 1. The van der Waals surface area contributed by atoms with Crippen LogP contribution in [0, 0.1) is 0 Å². The Labute approximate surface area is 90.1 Å². The molecule has 0 aromatic carbocycles. The molecule has 5 nitrogen and oxygen atoms in total. The summed E-state index contributed by atoms with van der Waals surface area (Å²) in [5.74, 6) is 0. The Bertz CT molecular complexity index is 275. The first-order valence-electron chi connectivity index (χ1n) is 5.07. The van der Waals surface area contributed by atoms with Crippen molar-refractivity contribution in [1.29, 1.82) is 0 Å². The zero-order chi connectivity index (χ0) is 11.1. The van der Waals surface area contributed by atoms with Gasteiger partial charge in [0.05, 0.1) is 18.9 Å². The van der Waals surface area contributed by atoms with E-state index in [9.17, 15) is 5.11 Å². The molecule has 1 aromatic rings. The number of aromatic nitrogens is 2. The van der Waals surface area contributed by atoms with Crippen molar-refractivity contribution >= 4 is 0 Å². The lowest BCUT2D eigenvalue weighted by Gasteiger charge is -2.10. The molecule has 5 heteroatoms. The topological polar surface area (TPSA) is 59.3 Å². The second kappa shape index (κ2) is 6.55. The molecule has 2 N–H and O–H groups in total. The quantitative estimate of drug-likeness (QED) is 0.603. The maximum atomic E-state index is 9.67. The summed E-state index contributed by atoms with van der Waals surface area (Å²) in [6.45, 7) is 2.01. The molecule has 0 aliphatic carbocycles. The van der Waals surface area contributed by atoms with Crippen LogP contribution in [0.3, 0.4) is 0 Å². The molecule has 0 bridgehead atoms. The van der Waals surface area contributed by atoms with E-state index < -0.39 is 0 Å². The van der Waals surface area contributed by atoms with E-state index in [-0.39, 0.29) is 6.10 Å². The van der Waals surface area contributed by atoms with Crippen molar-refractivity contribution in [3.8, 4) is 0 Å². The van der Waals surface area contributed by atoms with Crippen LogP contribution in [0.15, 0.2) is 12.4 Å². The normalized spacial score (nSPS) is 13.0. The fraction of sp³-hybridized carbons (Fsp3) is 0.700. The maximum absolute atomic E-state index is 9.67. The minimum Gasteiger partial charge on any atom is -0.391 e. The van der Waals surface area contributed by atoms with Gasteiger partial charge in [0.25, 0.3) is 0 Å². The van der Waals surface area contributed by atoms with Gasteiger partial charge in [0.1, 0.15) is 0 Å². The molecule has 1 rings (SSSR count). The molecule has 86 valence electrons. The number of hydrogen-bond donors (Lipinski definition) is 2. The van der Waals surface area contributed by atoms with Crippen LogP contribution >= 0.6 is 0 Å². The summed E-state index contributed by atoms with van der Waals surface area (Å²) in [7, 11) is 3.53. The Hall–Kier alpha value is -0.910. The standard InChI is InChI=1S/C10H19N3O2/c1-13-8-9(6-12-13)5-10(14)7-11-3-4-15-2/h6,8,10-11,14H,3-5,7H2,1-2H3. The van der Waals surface area contributed by atoms with Gasteiger partial charge in [0.15, 0.2) is 0 Å². The van der Waals surface area contributed by atoms with Gasteiger partial charge in [-0.2, -0.15) is 5.10 Å². The molecule has 1 atom stereocenters. The monoisotopic (exact) mass is 213 g/mol. The summed E-state index contributed by atoms with van der Waals surface area (Å²) in [4.78, 5) is 0. The molecule has 1 unspecified atom stereocenters. The van der Waals surface area contributed by atoms with Gasteiger partial charge in [-0.05, 0) is 5.56 Å². The summed E-state index contributed by atoms with van der Waals surface area (Å²) >= 11 is 0. The van der Waals surface area contributed by atoms with E-state index in [0.717, 1.165) is 12.1 Å². The van der Waals surface area contributed by atoms with Gasteiger partial charge in [-0.15, -0.1) is 0 Å². The van der Waals surface area contributed by atoms with E-state index in [1.165, 1.54) is 0 Å². The van der Waals surface area contributed by atoms with Crippen molar-refractivity contribution in [2.24, 2.45) is 7.05 Å². The zero-order valence-electron chi connectivity index (χ0n) is 9.31. The molecule has 1 heterocycles. The molecule has 1 aromatic heterocycles. The number of rotatable bonds is 7. The number of nitrogens with one attached hydrogen (secondary N) is 1. The molecule has 15 heavy (non-hydrogen) atoms. The van der Waals surface area contributed by atoms with Crippen LogP contribution in [0.25, 0.3) is 0 Å². The average Bonchev–Trinajstić information content (AvgIpc) is 2.59. The first-order valence-corrected chi connectivity index (χ1v) is 5.07. The molecule has 0 amide bonds. The zero-order valence-corrected chi connectivity index (χ0v) is 9.31. The summed E-state index contributed by atoms with van der Waals surface area (Å²) in [5, 5.41) is 16.8. The number of nitrogens with zero attached hydrogens (tertiary/aromatic N) is 2. The Balaban J connectivity index is 2.15. The van der Waals surface area contributed by atoms with Crippen LogP contribution in [0.5, 0.6) is 0 Å². The van der Waals surface area contributed by atoms with Gasteiger partial charge in [0.2, 0.25) is 0 Å². The Kier molecular flexibility index (Phi) is 5.31. The lowest BCUT2D eigenvalue weighted by Crippen LogP contribution is -2.30. The highest BCUT2D eigenvalue weighted by Gasteiger charge is 2.06. The number of aryl methyl sites for hydroxylation is 1. The molecule has 0 aliphatic rings. The van der Waals surface area contributed by atoms with Crippen LogP contribution in [0.4, 0.5) is 0 Å². The molecule has 0 saturated carbocycles. The number of methoxy groups -OCH3 is 1. The van der Waals surface area contributed by atoms with Crippen molar-refractivity contribution < 1.29 is 9.84 Å². The first kappa shape index (κ1) is 12.2. The summed E-state index contributed by atoms with van der Waals surface area (Å²) in [6.07, 6.45) is 3.95. The van der Waals surface area contributed by atoms with Gasteiger partial charge >= 0.3 is 0 Å². The van der Waals surface area contributed by atoms with Crippen molar-refractivity contribution in [2.45, 2.75) is 12.5 Å². The van der Waals surface area contributed by atoms with E-state index in [1.807, 2.05) is 13.2 Å². The SMILES string of the molecule is COCCNCC(O)Cc1cnn(C)c1. The minimum atomic E-state index is -0.369. The van der Waals surface area contributed by atoms with E-state index >= 15 is 0 Å². The van der Waals surface area contributed by atoms with E-state index in [4.69, 9.17) is 4.74 Å². The van der Waals surface area contributed by atoms with Crippen LogP contribution in [0.2, 0.25) is 0 Å². The first-order chi connectivity index (χ1) is 7.22. The molecule has 0 spiro atoms. The van der Waals surface area contributed by atoms with E-state index in [2.05, 4.69) is 10.4 Å². The van der Waals surface area contributed by atoms with Crippen LogP contribution < -0.4 is 5.32 Å². The Morgan fingerprint density at radius 3 is 3.07 bits per heavy atom. The van der Waals surface area contributed by atoms with Crippen LogP contribution in [0.1, 0.15) is 5.56 Å². The van der Waals surface area contributed by atoms with E-state index in [1.54, 1.807) is 18.0 Å². The third-order valence-electron chi connectivity index (χ3n) is 2.09. The predicted octanol–water partition coefficient (Wildman–Crippen LogP) is -0.441. The van der Waals surface area contributed by atoms with Crippen LogP contribution in [-0.4, -0.2) is 47.8 Å². The summed E-state index contributed by atoms with van der Waals surface area (Å²) in [5.41, 5.74) is 1.05. The van der Waals surface area contributed by atoms with Crippen LogP contribution in [-0.2, 0) is 18.2 Å². The summed E-state index contributed by atoms with van der Waals surface area (Å²) < 4.78 is 6.62. The van der Waals surface area contributed by atoms with Crippen molar-refractivity contribution in [2.75, 3.05) is 26.8 Å². The van der Waals surface area contributed by atoms with Gasteiger partial charge in [-0.1, -0.05) is 0 Å². The van der Waals surface area contributed by atoms with Crippen molar-refractivity contribution in [3.05, 3.63) is 18.0 Å². The fourth-order valence-electron chi connectivity index (χ4n) is 1.36. The van der Waals surface area contributed by atoms with Gasteiger partial charge in [-0.3, -0.25) is 4.68 Å². The molecule has 0 radical (unpaired) electrons. The highest BCUT2D eigenvalue weighted by molar-refractivity contribution is 5.05. The minimum absolute atomic E-state index is 0.369. The van der Waals surface area contributed by atoms with Gasteiger partial charge in [0, 0.05) is 39.9 Å². The molecular formula is C10H19N3O2. The highest BCUT2D eigenvalue weighted by Crippen LogP contribution is 2.00. The summed E-state index contributed by atoms with van der Waals surface area (Å²) in [6, 6.07) is 0. The lowest BCUT2D eigenvalue weighted by atomic mass is 10.1. The second-order valence-electron chi connectivity index (χ2n) is 3.58. The smallest absolute Gasteiger partial charge is 0.0706 e. The molecule has 0 aliphatic heterocycles. The van der Waals surface area contributed by atoms with Crippen molar-refractivity contribution in [1.82, 2.24) is 15.1 Å². The Morgan fingerprint density at radius 2 is 2.47 bits per heavy atom. The molecular weight excluding hydrogens is 194 g/mol. The lowest BCUT2D eigenvalue weighted by molar-refractivity contribution is 0.160. The van der Waals surface area contributed by atoms with Gasteiger partial charge in [-0.25, -0.2) is 0 Å². The van der Waals surface area contributed by atoms with Crippen molar-refractivity contribution in [3.63, 3.8) is 0 Å². The Morgan fingerprint density at radius 1 is 1.67 bits per heavy atom. The second-order valence-corrected chi connectivity index (χ2v) is 3.58. The highest BCUT2D eigenvalue weighted by atomic mass is 16.5. The molecule has 0 fully saturated rings. The maximum Gasteiger partial charge on any atom is 0.0706 e. The van der Waals surface area contributed by atoms with Gasteiger partial charge < -0.3 is 15.2 Å².